The molecule has 0 amide bonds. The van der Waals surface area contributed by atoms with E-state index in [1.165, 1.54) is 16.7 Å². The van der Waals surface area contributed by atoms with Crippen molar-refractivity contribution in [2.75, 3.05) is 6.54 Å². The molecule has 3 nitrogen and oxygen atoms in total. The molecule has 0 fully saturated rings. The molecule has 1 unspecified atom stereocenters. The number of rotatable bonds is 4. The lowest BCUT2D eigenvalue weighted by molar-refractivity contribution is 0.707. The molecule has 0 saturated heterocycles. The Morgan fingerprint density at radius 1 is 1.10 bits per heavy atom. The van der Waals surface area contributed by atoms with Crippen molar-refractivity contribution in [2.45, 2.75) is 25.3 Å². The summed E-state index contributed by atoms with van der Waals surface area (Å²) in [6.45, 7) is 0.728. The van der Waals surface area contributed by atoms with Gasteiger partial charge in [0.2, 0.25) is 0 Å². The maximum Gasteiger partial charge on any atom is 0.126 e. The summed E-state index contributed by atoms with van der Waals surface area (Å²) in [7, 11) is 0. The minimum Gasteiger partial charge on any atom is -0.383 e. The first-order valence-electron chi connectivity index (χ1n) is 7.48. The molecule has 21 heavy (non-hydrogen) atoms. The van der Waals surface area contributed by atoms with Gasteiger partial charge in [0.1, 0.15) is 5.84 Å². The van der Waals surface area contributed by atoms with Crippen molar-refractivity contribution in [2.24, 2.45) is 16.5 Å². The summed E-state index contributed by atoms with van der Waals surface area (Å²) in [5.74, 6) is 0.647. The van der Waals surface area contributed by atoms with Crippen LogP contribution >= 0.6 is 0 Å². The second-order valence-electron chi connectivity index (χ2n) is 5.53. The second kappa shape index (κ2) is 6.10. The predicted octanol–water partition coefficient (Wildman–Crippen LogP) is 2.58. The number of nitrogens with zero attached hydrogens (tertiary/aromatic N) is 1. The average molecular weight is 279 g/mol. The zero-order chi connectivity index (χ0) is 14.7. The van der Waals surface area contributed by atoms with E-state index in [1.807, 2.05) is 12.1 Å². The number of benzene rings is 2. The SMILES string of the molecule is NCCCc1cccc(C2Cc3ccccc3C(N)=N2)c1. The van der Waals surface area contributed by atoms with Crippen molar-refractivity contribution in [3.63, 3.8) is 0 Å². The molecule has 1 aliphatic heterocycles. The molecule has 1 atom stereocenters. The lowest BCUT2D eigenvalue weighted by atomic mass is 9.91. The largest absolute Gasteiger partial charge is 0.383 e. The highest BCUT2D eigenvalue weighted by Gasteiger charge is 2.20. The molecule has 1 heterocycles. The molecular formula is C18H21N3. The lowest BCUT2D eigenvalue weighted by Crippen LogP contribution is -2.22. The standard InChI is InChI=1S/C18H21N3/c19-10-4-6-13-5-3-8-15(11-13)17-12-14-7-1-2-9-16(14)18(20)21-17/h1-3,5,7-9,11,17H,4,6,10,12,19H2,(H2,20,21). The first-order valence-corrected chi connectivity index (χ1v) is 7.48. The molecule has 2 aromatic carbocycles. The molecule has 0 saturated carbocycles. The third-order valence-electron chi connectivity index (χ3n) is 4.01. The van der Waals surface area contributed by atoms with Gasteiger partial charge in [-0.15, -0.1) is 0 Å². The maximum atomic E-state index is 6.13. The molecule has 3 rings (SSSR count). The van der Waals surface area contributed by atoms with Crippen LogP contribution < -0.4 is 11.5 Å². The number of nitrogens with two attached hydrogens (primary N) is 2. The normalized spacial score (nSPS) is 17.2. The van der Waals surface area contributed by atoms with E-state index in [0.717, 1.165) is 31.4 Å². The molecule has 0 aromatic heterocycles. The summed E-state index contributed by atoms with van der Waals surface area (Å²) in [6.07, 6.45) is 2.95. The van der Waals surface area contributed by atoms with E-state index < -0.39 is 0 Å². The molecule has 0 aliphatic carbocycles. The Morgan fingerprint density at radius 2 is 1.95 bits per heavy atom. The third-order valence-corrected chi connectivity index (χ3v) is 4.01. The van der Waals surface area contributed by atoms with Gasteiger partial charge in [0, 0.05) is 5.56 Å². The van der Waals surface area contributed by atoms with Gasteiger partial charge in [0.05, 0.1) is 6.04 Å². The fourth-order valence-corrected chi connectivity index (χ4v) is 2.89. The van der Waals surface area contributed by atoms with Crippen LogP contribution in [0.3, 0.4) is 0 Å². The Balaban J connectivity index is 1.87. The van der Waals surface area contributed by atoms with Gasteiger partial charge < -0.3 is 11.5 Å². The molecule has 3 heteroatoms. The molecular weight excluding hydrogens is 258 g/mol. The van der Waals surface area contributed by atoms with Crippen LogP contribution in [0.2, 0.25) is 0 Å². The summed E-state index contributed by atoms with van der Waals surface area (Å²) in [5, 5.41) is 0. The quantitative estimate of drug-likeness (QED) is 0.903. The van der Waals surface area contributed by atoms with Gasteiger partial charge in [-0.2, -0.15) is 0 Å². The molecule has 2 aromatic rings. The van der Waals surface area contributed by atoms with E-state index in [2.05, 4.69) is 41.4 Å². The summed E-state index contributed by atoms with van der Waals surface area (Å²) in [6, 6.07) is 17.0. The number of fused-ring (bicyclic) bond motifs is 1. The first kappa shape index (κ1) is 13.8. The van der Waals surface area contributed by atoms with Gasteiger partial charge in [0.15, 0.2) is 0 Å². The highest BCUT2D eigenvalue weighted by atomic mass is 14.9. The Labute approximate surface area is 125 Å². The molecule has 1 aliphatic rings. The highest BCUT2D eigenvalue weighted by Crippen LogP contribution is 2.29. The van der Waals surface area contributed by atoms with Crippen molar-refractivity contribution in [1.29, 1.82) is 0 Å². The minimum atomic E-state index is 0.123. The number of amidine groups is 1. The van der Waals surface area contributed by atoms with Crippen LogP contribution in [0, 0.1) is 0 Å². The smallest absolute Gasteiger partial charge is 0.126 e. The van der Waals surface area contributed by atoms with Crippen molar-refractivity contribution in [3.05, 3.63) is 70.8 Å². The number of aryl methyl sites for hydroxylation is 1. The number of aliphatic imine (C=N–C) groups is 1. The van der Waals surface area contributed by atoms with Gasteiger partial charge in [-0.05, 0) is 42.5 Å². The summed E-state index contributed by atoms with van der Waals surface area (Å²) < 4.78 is 0. The van der Waals surface area contributed by atoms with Crippen LogP contribution in [-0.4, -0.2) is 12.4 Å². The predicted molar refractivity (Wildman–Crippen MR) is 87.4 cm³/mol. The number of hydrogen-bond acceptors (Lipinski definition) is 3. The van der Waals surface area contributed by atoms with Crippen molar-refractivity contribution < 1.29 is 0 Å². The van der Waals surface area contributed by atoms with E-state index in [-0.39, 0.29) is 6.04 Å². The Morgan fingerprint density at radius 3 is 2.81 bits per heavy atom. The van der Waals surface area contributed by atoms with Gasteiger partial charge >= 0.3 is 0 Å². The van der Waals surface area contributed by atoms with Gasteiger partial charge in [0.25, 0.3) is 0 Å². The molecule has 108 valence electrons. The summed E-state index contributed by atoms with van der Waals surface area (Å²) >= 11 is 0. The van der Waals surface area contributed by atoms with Crippen LogP contribution in [-0.2, 0) is 12.8 Å². The van der Waals surface area contributed by atoms with Crippen molar-refractivity contribution in [3.8, 4) is 0 Å². The van der Waals surface area contributed by atoms with Gasteiger partial charge in [-0.1, -0.05) is 48.5 Å². The van der Waals surface area contributed by atoms with E-state index in [9.17, 15) is 0 Å². The average Bonchev–Trinajstić information content (AvgIpc) is 2.53. The zero-order valence-electron chi connectivity index (χ0n) is 12.1. The Hall–Kier alpha value is -2.13. The second-order valence-corrected chi connectivity index (χ2v) is 5.53. The van der Waals surface area contributed by atoms with Crippen molar-refractivity contribution in [1.82, 2.24) is 0 Å². The summed E-state index contributed by atoms with van der Waals surface area (Å²) in [4.78, 5) is 4.68. The van der Waals surface area contributed by atoms with Crippen LogP contribution in [0.15, 0.2) is 53.5 Å². The van der Waals surface area contributed by atoms with E-state index >= 15 is 0 Å². The fourth-order valence-electron chi connectivity index (χ4n) is 2.89. The molecule has 0 bridgehead atoms. The topological polar surface area (TPSA) is 64.4 Å². The third kappa shape index (κ3) is 2.98. The highest BCUT2D eigenvalue weighted by molar-refractivity contribution is 5.99. The monoisotopic (exact) mass is 279 g/mol. The van der Waals surface area contributed by atoms with E-state index in [0.29, 0.717) is 5.84 Å². The van der Waals surface area contributed by atoms with Crippen LogP contribution in [0.1, 0.15) is 34.7 Å². The van der Waals surface area contributed by atoms with E-state index in [1.54, 1.807) is 0 Å². The molecule has 0 radical (unpaired) electrons. The lowest BCUT2D eigenvalue weighted by Gasteiger charge is -2.22. The van der Waals surface area contributed by atoms with Crippen LogP contribution in [0.5, 0.6) is 0 Å². The molecule has 0 spiro atoms. The summed E-state index contributed by atoms with van der Waals surface area (Å²) in [5.41, 5.74) is 16.6. The number of hydrogen-bond donors (Lipinski definition) is 2. The van der Waals surface area contributed by atoms with E-state index in [4.69, 9.17) is 11.5 Å². The molecule has 4 N–H and O–H groups in total. The zero-order valence-corrected chi connectivity index (χ0v) is 12.1. The minimum absolute atomic E-state index is 0.123. The Kier molecular flexibility index (Phi) is 4.02. The fraction of sp³-hybridized carbons (Fsp3) is 0.278. The van der Waals surface area contributed by atoms with Crippen LogP contribution in [0.25, 0.3) is 0 Å². The van der Waals surface area contributed by atoms with Crippen molar-refractivity contribution >= 4 is 5.84 Å². The first-order chi connectivity index (χ1) is 10.3. The Bertz CT molecular complexity index is 661. The van der Waals surface area contributed by atoms with Gasteiger partial charge in [-0.25, -0.2) is 0 Å². The van der Waals surface area contributed by atoms with Gasteiger partial charge in [-0.3, -0.25) is 4.99 Å². The van der Waals surface area contributed by atoms with Crippen LogP contribution in [0.4, 0.5) is 0 Å². The maximum absolute atomic E-state index is 6.13.